The molecule has 2 heterocycles. The number of hydrogen-bond acceptors (Lipinski definition) is 7. The van der Waals surface area contributed by atoms with Crippen LogP contribution in [0.1, 0.15) is 22.0 Å². The Morgan fingerprint density at radius 2 is 2.00 bits per heavy atom. The van der Waals surface area contributed by atoms with Crippen LogP contribution in [0.2, 0.25) is 0 Å². The van der Waals surface area contributed by atoms with E-state index in [0.29, 0.717) is 22.7 Å². The van der Waals surface area contributed by atoms with Gasteiger partial charge >= 0.3 is 0 Å². The number of nitrogens with zero attached hydrogens (tertiary/aromatic N) is 4. The van der Waals surface area contributed by atoms with Crippen LogP contribution in [0.5, 0.6) is 0 Å². The van der Waals surface area contributed by atoms with Crippen LogP contribution in [0, 0.1) is 20.8 Å². The molecule has 0 radical (unpaired) electrons. The molecule has 2 N–H and O–H groups in total. The Kier molecular flexibility index (Phi) is 7.59. The van der Waals surface area contributed by atoms with Crippen molar-refractivity contribution in [1.29, 1.82) is 0 Å². The fourth-order valence-electron chi connectivity index (χ4n) is 2.75. The summed E-state index contributed by atoms with van der Waals surface area (Å²) >= 11 is 2.70. The SMILES string of the molecule is C=CCn1c(CC(=O)Nc2cccc(C)c2)nnc1SCC(=O)Nc1nc(C)c(C)s1. The molecule has 0 saturated heterocycles. The third-order valence-corrected chi connectivity index (χ3v) is 6.29. The molecule has 0 fully saturated rings. The maximum Gasteiger partial charge on any atom is 0.236 e. The lowest BCUT2D eigenvalue weighted by atomic mass is 10.2. The molecule has 0 aliphatic heterocycles. The number of thioether (sulfide) groups is 1. The summed E-state index contributed by atoms with van der Waals surface area (Å²) in [7, 11) is 0. The summed E-state index contributed by atoms with van der Waals surface area (Å²) in [6.45, 7) is 10.0. The Bertz CT molecular complexity index is 1090. The van der Waals surface area contributed by atoms with Crippen LogP contribution in [-0.2, 0) is 22.6 Å². The largest absolute Gasteiger partial charge is 0.326 e. The van der Waals surface area contributed by atoms with Gasteiger partial charge in [0.1, 0.15) is 5.82 Å². The molecule has 3 rings (SSSR count). The fourth-order valence-corrected chi connectivity index (χ4v) is 4.35. The number of amides is 2. The molecule has 1 aromatic carbocycles. The first-order chi connectivity index (χ1) is 14.9. The normalized spacial score (nSPS) is 10.7. The average Bonchev–Trinajstić information content (AvgIpc) is 3.22. The number of aromatic nitrogens is 4. The van der Waals surface area contributed by atoms with Gasteiger partial charge in [-0.05, 0) is 38.5 Å². The molecule has 0 spiro atoms. The first-order valence-electron chi connectivity index (χ1n) is 9.62. The molecule has 3 aromatic rings. The van der Waals surface area contributed by atoms with Gasteiger partial charge in [-0.3, -0.25) is 9.59 Å². The molecule has 10 heteroatoms. The summed E-state index contributed by atoms with van der Waals surface area (Å²) in [5.41, 5.74) is 2.71. The minimum Gasteiger partial charge on any atom is -0.326 e. The first-order valence-corrected chi connectivity index (χ1v) is 11.4. The number of carbonyl (C=O) groups excluding carboxylic acids is 2. The predicted octanol–water partition coefficient (Wildman–Crippen LogP) is 3.76. The van der Waals surface area contributed by atoms with Crippen molar-refractivity contribution in [3.63, 3.8) is 0 Å². The monoisotopic (exact) mass is 456 g/mol. The highest BCUT2D eigenvalue weighted by atomic mass is 32.2. The second-order valence-electron chi connectivity index (χ2n) is 6.89. The Morgan fingerprint density at radius 1 is 1.19 bits per heavy atom. The Labute approximate surface area is 189 Å². The van der Waals surface area contributed by atoms with Gasteiger partial charge in [-0.15, -0.1) is 28.1 Å². The molecule has 8 nitrogen and oxygen atoms in total. The van der Waals surface area contributed by atoms with E-state index < -0.39 is 0 Å². The zero-order chi connectivity index (χ0) is 22.4. The third-order valence-electron chi connectivity index (χ3n) is 4.33. The number of anilines is 2. The van der Waals surface area contributed by atoms with Crippen molar-refractivity contribution < 1.29 is 9.59 Å². The summed E-state index contributed by atoms with van der Waals surface area (Å²) in [4.78, 5) is 30.1. The van der Waals surface area contributed by atoms with Gasteiger partial charge in [0.25, 0.3) is 0 Å². The Morgan fingerprint density at radius 3 is 2.68 bits per heavy atom. The summed E-state index contributed by atoms with van der Waals surface area (Å²) in [5.74, 6) is 0.305. The number of benzene rings is 1. The second-order valence-corrected chi connectivity index (χ2v) is 9.04. The molecule has 0 bridgehead atoms. The van der Waals surface area contributed by atoms with Crippen LogP contribution >= 0.6 is 23.1 Å². The van der Waals surface area contributed by atoms with Crippen LogP contribution in [0.4, 0.5) is 10.8 Å². The summed E-state index contributed by atoms with van der Waals surface area (Å²) < 4.78 is 1.79. The standard InChI is InChI=1S/C21H24N6O2S2/c1-5-9-27-17(11-18(28)23-16-8-6-7-13(2)10-16)25-26-21(27)30-12-19(29)24-20-22-14(3)15(4)31-20/h5-8,10H,1,9,11-12H2,2-4H3,(H,23,28)(H,22,24,29). The van der Waals surface area contributed by atoms with E-state index in [1.54, 1.807) is 10.6 Å². The second kappa shape index (κ2) is 10.4. The van der Waals surface area contributed by atoms with Crippen molar-refractivity contribution in [2.24, 2.45) is 0 Å². The molecule has 162 valence electrons. The van der Waals surface area contributed by atoms with Gasteiger partial charge in [0.05, 0.1) is 17.9 Å². The third kappa shape index (κ3) is 6.25. The van der Waals surface area contributed by atoms with E-state index in [4.69, 9.17) is 0 Å². The van der Waals surface area contributed by atoms with E-state index in [9.17, 15) is 9.59 Å². The number of aryl methyl sites for hydroxylation is 3. The molecule has 0 atom stereocenters. The van der Waals surface area contributed by atoms with Crippen molar-refractivity contribution in [2.45, 2.75) is 38.9 Å². The van der Waals surface area contributed by atoms with Gasteiger partial charge in [0, 0.05) is 17.1 Å². The lowest BCUT2D eigenvalue weighted by Gasteiger charge is -2.09. The molecule has 0 aliphatic carbocycles. The van der Waals surface area contributed by atoms with Crippen LogP contribution in [-0.4, -0.2) is 37.3 Å². The highest BCUT2D eigenvalue weighted by Gasteiger charge is 2.17. The van der Waals surface area contributed by atoms with Gasteiger partial charge < -0.3 is 15.2 Å². The van der Waals surface area contributed by atoms with Gasteiger partial charge in [0.15, 0.2) is 10.3 Å². The smallest absolute Gasteiger partial charge is 0.236 e. The molecule has 2 aromatic heterocycles. The predicted molar refractivity (Wildman–Crippen MR) is 125 cm³/mol. The quantitative estimate of drug-likeness (QED) is 0.376. The maximum atomic E-state index is 12.5. The summed E-state index contributed by atoms with van der Waals surface area (Å²) in [5, 5.41) is 15.1. The van der Waals surface area contributed by atoms with Crippen molar-refractivity contribution in [2.75, 3.05) is 16.4 Å². The van der Waals surface area contributed by atoms with Crippen LogP contribution in [0.15, 0.2) is 42.1 Å². The lowest BCUT2D eigenvalue weighted by molar-refractivity contribution is -0.116. The van der Waals surface area contributed by atoms with E-state index in [-0.39, 0.29) is 24.0 Å². The van der Waals surface area contributed by atoms with Gasteiger partial charge in [0.2, 0.25) is 11.8 Å². The molecular formula is C21H24N6O2S2. The van der Waals surface area contributed by atoms with E-state index in [0.717, 1.165) is 21.8 Å². The molecule has 0 aliphatic rings. The van der Waals surface area contributed by atoms with Gasteiger partial charge in [-0.1, -0.05) is 30.0 Å². The highest BCUT2D eigenvalue weighted by molar-refractivity contribution is 7.99. The Hall–Kier alpha value is -2.98. The minimum atomic E-state index is -0.188. The highest BCUT2D eigenvalue weighted by Crippen LogP contribution is 2.22. The molecule has 2 amide bonds. The van der Waals surface area contributed by atoms with E-state index in [1.807, 2.05) is 45.0 Å². The number of rotatable bonds is 9. The number of hydrogen-bond donors (Lipinski definition) is 2. The van der Waals surface area contributed by atoms with Crippen molar-refractivity contribution in [1.82, 2.24) is 19.7 Å². The number of nitrogens with one attached hydrogen (secondary N) is 2. The first kappa shape index (κ1) is 22.7. The van der Waals surface area contributed by atoms with Crippen molar-refractivity contribution in [3.05, 3.63) is 58.9 Å². The van der Waals surface area contributed by atoms with Crippen LogP contribution in [0.25, 0.3) is 0 Å². The maximum absolute atomic E-state index is 12.5. The van der Waals surface area contributed by atoms with Gasteiger partial charge in [-0.2, -0.15) is 0 Å². The van der Waals surface area contributed by atoms with E-state index >= 15 is 0 Å². The lowest BCUT2D eigenvalue weighted by Crippen LogP contribution is -2.18. The Balaban J connectivity index is 1.61. The molecular weight excluding hydrogens is 432 g/mol. The van der Waals surface area contributed by atoms with Crippen molar-refractivity contribution >= 4 is 45.7 Å². The molecule has 0 unspecified atom stereocenters. The summed E-state index contributed by atoms with van der Waals surface area (Å²) in [6.07, 6.45) is 1.77. The van der Waals surface area contributed by atoms with Crippen molar-refractivity contribution in [3.8, 4) is 0 Å². The van der Waals surface area contributed by atoms with E-state index in [1.165, 1.54) is 23.1 Å². The topological polar surface area (TPSA) is 102 Å². The number of thiazole rings is 1. The number of carbonyl (C=O) groups is 2. The average molecular weight is 457 g/mol. The summed E-state index contributed by atoms with van der Waals surface area (Å²) in [6, 6.07) is 7.59. The number of allylic oxidation sites excluding steroid dienone is 1. The van der Waals surface area contributed by atoms with Gasteiger partial charge in [-0.25, -0.2) is 4.98 Å². The van der Waals surface area contributed by atoms with Crippen LogP contribution in [0.3, 0.4) is 0 Å². The molecule has 0 saturated carbocycles. The minimum absolute atomic E-state index is 0.0687. The fraction of sp³-hybridized carbons (Fsp3) is 0.286. The molecule has 31 heavy (non-hydrogen) atoms. The zero-order valence-electron chi connectivity index (χ0n) is 17.6. The zero-order valence-corrected chi connectivity index (χ0v) is 19.3. The van der Waals surface area contributed by atoms with E-state index in [2.05, 4.69) is 32.4 Å². The van der Waals surface area contributed by atoms with Crippen LogP contribution < -0.4 is 10.6 Å².